The van der Waals surface area contributed by atoms with Gasteiger partial charge in [0.05, 0.1) is 0 Å². The van der Waals surface area contributed by atoms with Gasteiger partial charge in [0.15, 0.2) is 5.05 Å². The van der Waals surface area contributed by atoms with Gasteiger partial charge in [0.25, 0.3) is 27.5 Å². The Morgan fingerprint density at radius 3 is 2.18 bits per heavy atom. The monoisotopic (exact) mass is 567 g/mol. The summed E-state index contributed by atoms with van der Waals surface area (Å²) in [6, 6.07) is 9.18. The van der Waals surface area contributed by atoms with E-state index in [1.54, 1.807) is 19.1 Å². The van der Waals surface area contributed by atoms with Crippen LogP contribution < -0.4 is 15.2 Å². The summed E-state index contributed by atoms with van der Waals surface area (Å²) < 4.78 is 11.4. The zero-order valence-electron chi connectivity index (χ0n) is 21.7. The molecule has 38 heavy (non-hydrogen) atoms. The molecule has 5 radical (unpaired) electrons. The van der Waals surface area contributed by atoms with Gasteiger partial charge in [0.1, 0.15) is 12.3 Å². The number of carbonyl (C=O) groups is 4. The highest BCUT2D eigenvalue weighted by molar-refractivity contribution is 7.80. The number of carbonyl (C=O) groups excluding carboxylic acids is 4. The van der Waals surface area contributed by atoms with Crippen LogP contribution >= 0.6 is 12.2 Å². The number of hydrogen-bond donors (Lipinski definition) is 1. The lowest BCUT2D eigenvalue weighted by molar-refractivity contribution is -0.196. The number of rotatable bonds is 8. The maximum absolute atomic E-state index is 13.4. The molecular formula is C26H27N2O7SSi2. The molecule has 1 heterocycles. The second-order valence-electron chi connectivity index (χ2n) is 9.63. The fourth-order valence-electron chi connectivity index (χ4n) is 4.12. The maximum Gasteiger partial charge on any atom is 0.352 e. The van der Waals surface area contributed by atoms with Gasteiger partial charge >= 0.3 is 5.97 Å². The van der Waals surface area contributed by atoms with Crippen LogP contribution in [0.15, 0.2) is 30.3 Å². The lowest BCUT2D eigenvalue weighted by Gasteiger charge is -2.30. The molecule has 3 amide bonds. The summed E-state index contributed by atoms with van der Waals surface area (Å²) in [4.78, 5) is 54.0. The highest BCUT2D eigenvalue weighted by Crippen LogP contribution is 2.32. The molecule has 1 N–H and O–H groups in total. The van der Waals surface area contributed by atoms with Gasteiger partial charge in [0, 0.05) is 24.0 Å². The Bertz CT molecular complexity index is 1280. The lowest BCUT2D eigenvalue weighted by Crippen LogP contribution is -2.42. The zero-order valence-corrected chi connectivity index (χ0v) is 24.5. The molecule has 0 bridgehead atoms. The zero-order chi connectivity index (χ0) is 28.2. The molecule has 1 saturated heterocycles. The third-order valence-electron chi connectivity index (χ3n) is 5.94. The van der Waals surface area contributed by atoms with Crippen molar-refractivity contribution >= 4 is 66.4 Å². The van der Waals surface area contributed by atoms with Crippen LogP contribution in [0.3, 0.4) is 0 Å². The minimum absolute atomic E-state index is 0.0224. The van der Waals surface area contributed by atoms with E-state index in [9.17, 15) is 19.2 Å². The van der Waals surface area contributed by atoms with Crippen molar-refractivity contribution in [1.82, 2.24) is 10.4 Å². The average Bonchev–Trinajstić information content (AvgIpc) is 3.16. The molecule has 0 spiro atoms. The number of para-hydroxylation sites is 1. The molecule has 0 aliphatic carbocycles. The topological polar surface area (TPSA) is 111 Å². The molecule has 0 saturated carbocycles. The molecule has 2 aromatic carbocycles. The molecule has 197 valence electrons. The Morgan fingerprint density at radius 1 is 1.05 bits per heavy atom. The molecule has 12 heteroatoms. The number of hydrogen-bond acceptors (Lipinski definition) is 8. The largest absolute Gasteiger partial charge is 0.454 e. The predicted octanol–water partition coefficient (Wildman–Crippen LogP) is 2.04. The molecule has 0 unspecified atom stereocenters. The van der Waals surface area contributed by atoms with Crippen LogP contribution in [0.4, 0.5) is 0 Å². The summed E-state index contributed by atoms with van der Waals surface area (Å²) in [7, 11) is 2.80. The summed E-state index contributed by atoms with van der Waals surface area (Å²) in [6.07, 6.45) is -0.0449. The lowest BCUT2D eigenvalue weighted by atomic mass is 9.79. The Labute approximate surface area is 232 Å². The van der Waals surface area contributed by atoms with E-state index in [-0.39, 0.29) is 27.7 Å². The van der Waals surface area contributed by atoms with Gasteiger partial charge in [-0.25, -0.2) is 4.79 Å². The van der Waals surface area contributed by atoms with E-state index in [4.69, 9.17) is 25.9 Å². The highest BCUT2D eigenvalue weighted by atomic mass is 32.1. The first-order valence-electron chi connectivity index (χ1n) is 11.7. The van der Waals surface area contributed by atoms with Crippen LogP contribution in [0.5, 0.6) is 5.75 Å². The van der Waals surface area contributed by atoms with Crippen molar-refractivity contribution in [3.8, 4) is 5.75 Å². The van der Waals surface area contributed by atoms with Crippen molar-refractivity contribution in [2.45, 2.75) is 52.9 Å². The molecule has 1 aliphatic rings. The average molecular weight is 568 g/mol. The van der Waals surface area contributed by atoms with Crippen molar-refractivity contribution in [2.24, 2.45) is 0 Å². The Kier molecular flexibility index (Phi) is 9.36. The standard InChI is InChI=1S/C26H27N2O7SSi2/c1-14-15(2)21(24(32)27-13-19(31)34-28-17(29)11-12-18(28)30)23(38-35-37)22(26(3,4)5)20(14)25(36)33-16-9-7-6-8-10-16/h6-10H,11-13H2,1-5H3,(H,27,32). The van der Waals surface area contributed by atoms with Crippen LogP contribution in [0.25, 0.3) is 0 Å². The van der Waals surface area contributed by atoms with E-state index in [1.165, 1.54) is 0 Å². The summed E-state index contributed by atoms with van der Waals surface area (Å²) in [6.45, 7) is 9.09. The number of ether oxygens (including phenoxy) is 1. The van der Waals surface area contributed by atoms with E-state index in [2.05, 4.69) is 15.8 Å². The van der Waals surface area contributed by atoms with E-state index in [0.717, 1.165) is 11.1 Å². The Balaban J connectivity index is 1.98. The van der Waals surface area contributed by atoms with Crippen LogP contribution in [0.2, 0.25) is 0 Å². The number of hydroxylamine groups is 2. The molecular weight excluding hydrogens is 541 g/mol. The van der Waals surface area contributed by atoms with Crippen LogP contribution in [0, 0.1) is 13.8 Å². The van der Waals surface area contributed by atoms with Gasteiger partial charge in [-0.2, -0.15) is 0 Å². The molecule has 0 atom stereocenters. The Hall–Kier alpha value is -3.20. The highest BCUT2D eigenvalue weighted by Gasteiger charge is 2.34. The summed E-state index contributed by atoms with van der Waals surface area (Å²) in [5.74, 6) is -2.09. The third kappa shape index (κ3) is 6.44. The van der Waals surface area contributed by atoms with Crippen molar-refractivity contribution in [2.75, 3.05) is 6.54 Å². The first kappa shape index (κ1) is 29.4. The summed E-state index contributed by atoms with van der Waals surface area (Å²) >= 11 is 5.74. The number of benzene rings is 2. The number of thiocarbonyl (C=S) groups is 1. The minimum Gasteiger partial charge on any atom is -0.454 e. The molecule has 1 fully saturated rings. The Morgan fingerprint density at radius 2 is 1.63 bits per heavy atom. The molecule has 2 aromatic rings. The van der Waals surface area contributed by atoms with E-state index in [1.807, 2.05) is 45.9 Å². The second-order valence-corrected chi connectivity index (χ2v) is 11.5. The van der Waals surface area contributed by atoms with Gasteiger partial charge in [-0.05, 0) is 65.5 Å². The van der Waals surface area contributed by atoms with Crippen molar-refractivity contribution in [3.05, 3.63) is 58.1 Å². The SMILES string of the molecule is Cc1c(C)c(C(=S)Oc2ccccc2)c(C(C)(C)C)c([Si]O[Si])c1C(=O)NCC(=O)ON1C(=O)CCC1=O. The molecule has 0 aromatic heterocycles. The number of nitrogens with zero attached hydrogens (tertiary/aromatic N) is 1. The smallest absolute Gasteiger partial charge is 0.352 e. The molecule has 9 nitrogen and oxygen atoms in total. The van der Waals surface area contributed by atoms with E-state index >= 15 is 0 Å². The van der Waals surface area contributed by atoms with E-state index in [0.29, 0.717) is 32.7 Å². The van der Waals surface area contributed by atoms with Gasteiger partial charge in [-0.1, -0.05) is 39.0 Å². The van der Waals surface area contributed by atoms with Gasteiger partial charge in [-0.3, -0.25) is 14.4 Å². The van der Waals surface area contributed by atoms with Crippen LogP contribution in [-0.2, 0) is 28.8 Å². The first-order chi connectivity index (χ1) is 17.9. The third-order valence-corrected chi connectivity index (χ3v) is 7.34. The van der Waals surface area contributed by atoms with Crippen molar-refractivity contribution in [3.63, 3.8) is 0 Å². The van der Waals surface area contributed by atoms with E-state index < -0.39 is 35.7 Å². The first-order valence-corrected chi connectivity index (χ1v) is 13.5. The maximum atomic E-state index is 13.4. The fraction of sp³-hybridized carbons (Fsp3) is 0.346. The van der Waals surface area contributed by atoms with Crippen LogP contribution in [0.1, 0.15) is 66.2 Å². The number of amides is 3. The van der Waals surface area contributed by atoms with Gasteiger partial charge in [-0.15, -0.1) is 5.06 Å². The minimum atomic E-state index is -0.943. The van der Waals surface area contributed by atoms with Crippen molar-refractivity contribution in [1.29, 1.82) is 0 Å². The molecule has 1 aliphatic heterocycles. The fourth-order valence-corrected chi connectivity index (χ4v) is 5.89. The van der Waals surface area contributed by atoms with Gasteiger partial charge in [0.2, 0.25) is 10.5 Å². The number of imide groups is 1. The number of nitrogens with one attached hydrogen (secondary N) is 1. The second kappa shape index (κ2) is 12.1. The van der Waals surface area contributed by atoms with Crippen molar-refractivity contribution < 1.29 is 32.9 Å². The van der Waals surface area contributed by atoms with Gasteiger partial charge < -0.3 is 19.0 Å². The summed E-state index contributed by atoms with van der Waals surface area (Å²) in [5, 5.41) is 3.84. The normalized spacial score (nSPS) is 13.5. The summed E-state index contributed by atoms with van der Waals surface area (Å²) in [5.41, 5.74) is 2.71. The van der Waals surface area contributed by atoms with Crippen LogP contribution in [-0.4, -0.2) is 60.6 Å². The quantitative estimate of drug-likeness (QED) is 0.293. The molecule has 3 rings (SSSR count). The predicted molar refractivity (Wildman–Crippen MR) is 145 cm³/mol.